The Hall–Kier alpha value is -1.37. The lowest BCUT2D eigenvalue weighted by molar-refractivity contribution is 0.0626. The average molecular weight is 395 g/mol. The maximum absolute atomic E-state index is 13.3. The molecule has 5 nitrogen and oxygen atoms in total. The summed E-state index contributed by atoms with van der Waals surface area (Å²) in [6.07, 6.45) is 11.2. The third-order valence-corrected chi connectivity index (χ3v) is 6.59. The van der Waals surface area contributed by atoms with Gasteiger partial charge in [-0.25, -0.2) is 4.98 Å². The van der Waals surface area contributed by atoms with E-state index in [0.717, 1.165) is 43.2 Å². The van der Waals surface area contributed by atoms with Gasteiger partial charge in [0.2, 0.25) is 0 Å². The zero-order chi connectivity index (χ0) is 17.2. The van der Waals surface area contributed by atoms with Crippen LogP contribution in [0.25, 0.3) is 0 Å². The summed E-state index contributed by atoms with van der Waals surface area (Å²) in [6.45, 7) is 2.35. The molecular weight excluding hydrogens is 368 g/mol. The van der Waals surface area contributed by atoms with Gasteiger partial charge in [0.1, 0.15) is 11.9 Å². The van der Waals surface area contributed by atoms with Crippen LogP contribution in [0.15, 0.2) is 18.5 Å². The number of nitrogens with one attached hydrogen (secondary N) is 1. The van der Waals surface area contributed by atoms with E-state index in [0.29, 0.717) is 0 Å². The summed E-state index contributed by atoms with van der Waals surface area (Å²) < 4.78 is 2.02. The smallest absolute Gasteiger partial charge is 0.264 e. The number of halogens is 1. The van der Waals surface area contributed by atoms with Gasteiger partial charge in [-0.3, -0.25) is 4.79 Å². The van der Waals surface area contributed by atoms with Crippen LogP contribution in [0.5, 0.6) is 0 Å². The van der Waals surface area contributed by atoms with E-state index in [1.807, 2.05) is 28.9 Å². The fourth-order valence-electron chi connectivity index (χ4n) is 3.97. The number of aryl methyl sites for hydroxylation is 3. The molecule has 4 rings (SSSR count). The molecule has 7 heteroatoms. The molecule has 1 saturated heterocycles. The third kappa shape index (κ3) is 3.82. The first-order valence-corrected chi connectivity index (χ1v) is 10.2. The summed E-state index contributed by atoms with van der Waals surface area (Å²) in [5, 5.41) is 3.41. The zero-order valence-electron chi connectivity index (χ0n) is 15.2. The van der Waals surface area contributed by atoms with Gasteiger partial charge < -0.3 is 14.8 Å². The van der Waals surface area contributed by atoms with Crippen molar-refractivity contribution in [1.29, 1.82) is 0 Å². The second-order valence-corrected chi connectivity index (χ2v) is 8.22. The number of amides is 1. The number of thiophene rings is 1. The Kier molecular flexibility index (Phi) is 6.37. The molecule has 2 aromatic rings. The van der Waals surface area contributed by atoms with E-state index in [-0.39, 0.29) is 24.4 Å². The highest BCUT2D eigenvalue weighted by Crippen LogP contribution is 2.31. The van der Waals surface area contributed by atoms with E-state index in [9.17, 15) is 4.79 Å². The normalized spacial score (nSPS) is 20.7. The summed E-state index contributed by atoms with van der Waals surface area (Å²) in [4.78, 5) is 22.1. The largest absolute Gasteiger partial charge is 0.336 e. The summed E-state index contributed by atoms with van der Waals surface area (Å²) in [5.74, 6) is 1.13. The molecular formula is C19H27ClN4OS. The highest BCUT2D eigenvalue weighted by molar-refractivity contribution is 7.14. The molecule has 26 heavy (non-hydrogen) atoms. The van der Waals surface area contributed by atoms with E-state index in [2.05, 4.69) is 16.4 Å². The van der Waals surface area contributed by atoms with Crippen LogP contribution in [0, 0.1) is 0 Å². The molecule has 1 aliphatic carbocycles. The minimum Gasteiger partial charge on any atom is -0.336 e. The van der Waals surface area contributed by atoms with Gasteiger partial charge in [-0.15, -0.1) is 23.7 Å². The van der Waals surface area contributed by atoms with Gasteiger partial charge in [0.15, 0.2) is 0 Å². The van der Waals surface area contributed by atoms with E-state index in [1.165, 1.54) is 36.1 Å². The van der Waals surface area contributed by atoms with E-state index in [1.54, 1.807) is 11.3 Å². The molecule has 0 bridgehead atoms. The lowest BCUT2D eigenvalue weighted by Crippen LogP contribution is -2.49. The molecule has 0 radical (unpaired) electrons. The van der Waals surface area contributed by atoms with Crippen LogP contribution in [0.3, 0.4) is 0 Å². The molecule has 1 atom stereocenters. The van der Waals surface area contributed by atoms with Crippen molar-refractivity contribution in [2.24, 2.45) is 7.05 Å². The van der Waals surface area contributed by atoms with Gasteiger partial charge in [-0.05, 0) is 37.3 Å². The molecule has 2 aromatic heterocycles. The maximum Gasteiger partial charge on any atom is 0.264 e. The van der Waals surface area contributed by atoms with Crippen LogP contribution in [-0.2, 0) is 19.9 Å². The molecule has 1 aliphatic heterocycles. The van der Waals surface area contributed by atoms with Crippen molar-refractivity contribution < 1.29 is 4.79 Å². The van der Waals surface area contributed by atoms with Crippen molar-refractivity contribution in [2.75, 3.05) is 19.6 Å². The van der Waals surface area contributed by atoms with Crippen molar-refractivity contribution in [2.45, 2.75) is 44.6 Å². The number of piperazine rings is 1. The first kappa shape index (κ1) is 19.4. The second kappa shape index (κ2) is 8.55. The number of rotatable bonds is 2. The first-order valence-electron chi connectivity index (χ1n) is 9.34. The molecule has 1 amide bonds. The Morgan fingerprint density at radius 2 is 2.08 bits per heavy atom. The summed E-state index contributed by atoms with van der Waals surface area (Å²) in [6, 6.07) is 2.18. The predicted octanol–water partition coefficient (Wildman–Crippen LogP) is 3.35. The number of fused-ring (bicyclic) bond motifs is 1. The zero-order valence-corrected chi connectivity index (χ0v) is 16.9. The molecule has 1 N–H and O–H groups in total. The number of aromatic nitrogens is 2. The van der Waals surface area contributed by atoms with E-state index >= 15 is 0 Å². The van der Waals surface area contributed by atoms with Crippen molar-refractivity contribution in [3.63, 3.8) is 0 Å². The van der Waals surface area contributed by atoms with Crippen LogP contribution in [0.4, 0.5) is 0 Å². The number of nitrogens with zero attached hydrogens (tertiary/aromatic N) is 3. The van der Waals surface area contributed by atoms with Crippen molar-refractivity contribution in [3.8, 4) is 0 Å². The van der Waals surface area contributed by atoms with Crippen LogP contribution < -0.4 is 5.32 Å². The molecule has 1 unspecified atom stereocenters. The standard InChI is InChI=1S/C19H26N4OS.ClH/c1-22-10-9-21-18(22)15-13-20-8-11-23(15)19(24)17-12-14-6-4-2-3-5-7-16(14)25-17;/h9-10,12,15,20H,2-8,11,13H2,1H3;1H. The Balaban J connectivity index is 0.00000196. The van der Waals surface area contributed by atoms with Crippen LogP contribution >= 0.6 is 23.7 Å². The number of carbonyl (C=O) groups excluding carboxylic acids is 1. The minimum absolute atomic E-state index is 0. The number of carbonyl (C=O) groups is 1. The SMILES string of the molecule is Cl.Cn1ccnc1C1CNCCN1C(=O)c1cc2c(s1)CCCCCC2. The third-order valence-electron chi connectivity index (χ3n) is 5.37. The van der Waals surface area contributed by atoms with Gasteiger partial charge in [0, 0.05) is 44.0 Å². The number of hydrogen-bond acceptors (Lipinski definition) is 4. The first-order chi connectivity index (χ1) is 12.2. The lowest BCUT2D eigenvalue weighted by Gasteiger charge is -2.35. The topological polar surface area (TPSA) is 50.2 Å². The molecule has 1 fully saturated rings. The van der Waals surface area contributed by atoms with Crippen molar-refractivity contribution in [3.05, 3.63) is 39.6 Å². The molecule has 3 heterocycles. The fourth-order valence-corrected chi connectivity index (χ4v) is 5.18. The van der Waals surface area contributed by atoms with Crippen LogP contribution in [0.1, 0.15) is 57.7 Å². The quantitative estimate of drug-likeness (QED) is 0.849. The monoisotopic (exact) mass is 394 g/mol. The molecule has 2 aliphatic rings. The number of hydrogen-bond donors (Lipinski definition) is 1. The summed E-state index contributed by atoms with van der Waals surface area (Å²) in [7, 11) is 2.00. The minimum atomic E-state index is 0. The van der Waals surface area contributed by atoms with Gasteiger partial charge in [0.05, 0.1) is 4.88 Å². The Bertz CT molecular complexity index is 731. The Labute approximate surface area is 165 Å². The number of imidazole rings is 1. The summed E-state index contributed by atoms with van der Waals surface area (Å²) in [5.41, 5.74) is 1.41. The lowest BCUT2D eigenvalue weighted by atomic mass is 9.99. The van der Waals surface area contributed by atoms with Gasteiger partial charge in [0.25, 0.3) is 5.91 Å². The van der Waals surface area contributed by atoms with Gasteiger partial charge >= 0.3 is 0 Å². The second-order valence-electron chi connectivity index (χ2n) is 7.09. The fraction of sp³-hybridized carbons (Fsp3) is 0.579. The van der Waals surface area contributed by atoms with E-state index < -0.39 is 0 Å². The highest BCUT2D eigenvalue weighted by atomic mass is 35.5. The van der Waals surface area contributed by atoms with Crippen molar-refractivity contribution in [1.82, 2.24) is 19.8 Å². The Morgan fingerprint density at radius 3 is 2.85 bits per heavy atom. The molecule has 0 spiro atoms. The Morgan fingerprint density at radius 1 is 1.27 bits per heavy atom. The predicted molar refractivity (Wildman–Crippen MR) is 107 cm³/mol. The molecule has 142 valence electrons. The van der Waals surface area contributed by atoms with Crippen LogP contribution in [-0.4, -0.2) is 40.0 Å². The highest BCUT2D eigenvalue weighted by Gasteiger charge is 2.32. The maximum atomic E-state index is 13.3. The molecule has 0 aromatic carbocycles. The van der Waals surface area contributed by atoms with Crippen molar-refractivity contribution >= 4 is 29.7 Å². The summed E-state index contributed by atoms with van der Waals surface area (Å²) >= 11 is 1.72. The molecule has 0 saturated carbocycles. The van der Waals surface area contributed by atoms with Gasteiger partial charge in [-0.2, -0.15) is 0 Å². The average Bonchev–Trinajstić information content (AvgIpc) is 3.20. The van der Waals surface area contributed by atoms with E-state index in [4.69, 9.17) is 0 Å². The van der Waals surface area contributed by atoms with Gasteiger partial charge in [-0.1, -0.05) is 12.8 Å². The van der Waals surface area contributed by atoms with Crippen LogP contribution in [0.2, 0.25) is 0 Å².